The Morgan fingerprint density at radius 3 is 2.50 bits per heavy atom. The summed E-state index contributed by atoms with van der Waals surface area (Å²) in [5, 5.41) is 0. The smallest absolute Gasteiger partial charge is 0.326 e. The molecule has 1 unspecified atom stereocenters. The number of benzene rings is 1. The van der Waals surface area contributed by atoms with Crippen LogP contribution >= 0.6 is 0 Å². The summed E-state index contributed by atoms with van der Waals surface area (Å²) in [4.78, 5) is 27.6. The second kappa shape index (κ2) is 5.83. The first-order valence-electron chi connectivity index (χ1n) is 8.32. The maximum absolute atomic E-state index is 14.7. The molecule has 1 saturated heterocycles. The molecule has 0 radical (unpaired) electrons. The third-order valence-electron chi connectivity index (χ3n) is 5.17. The number of alkyl halides is 2. The van der Waals surface area contributed by atoms with Gasteiger partial charge >= 0.3 is 5.92 Å². The summed E-state index contributed by atoms with van der Waals surface area (Å²) < 4.78 is 29.5. The van der Waals surface area contributed by atoms with Gasteiger partial charge in [0.2, 0.25) is 5.91 Å². The van der Waals surface area contributed by atoms with Crippen LogP contribution in [-0.4, -0.2) is 42.8 Å². The van der Waals surface area contributed by atoms with E-state index in [-0.39, 0.29) is 0 Å². The minimum absolute atomic E-state index is 0.371. The number of rotatable bonds is 3. The number of nitrogens with zero attached hydrogens (tertiary/aromatic N) is 2. The van der Waals surface area contributed by atoms with Crippen molar-refractivity contribution in [3.63, 3.8) is 0 Å². The SMILES string of the molecule is CN1C(=O)C(C)(CC(F)(F)C(=O)N2CCCCC2)c2ccccc21. The molecule has 1 aromatic rings. The molecular weight excluding hydrogens is 314 g/mol. The van der Waals surface area contributed by atoms with Crippen molar-refractivity contribution < 1.29 is 18.4 Å². The molecule has 130 valence electrons. The van der Waals surface area contributed by atoms with Crippen LogP contribution in [0.15, 0.2) is 24.3 Å². The van der Waals surface area contributed by atoms with Gasteiger partial charge < -0.3 is 9.80 Å². The molecule has 2 amide bonds. The van der Waals surface area contributed by atoms with E-state index in [2.05, 4.69) is 0 Å². The topological polar surface area (TPSA) is 40.6 Å². The summed E-state index contributed by atoms with van der Waals surface area (Å²) in [6.45, 7) is 2.25. The first-order valence-corrected chi connectivity index (χ1v) is 8.32. The summed E-state index contributed by atoms with van der Waals surface area (Å²) in [6, 6.07) is 6.93. The molecule has 24 heavy (non-hydrogen) atoms. The summed E-state index contributed by atoms with van der Waals surface area (Å²) in [7, 11) is 1.58. The van der Waals surface area contributed by atoms with Crippen LogP contribution in [0.4, 0.5) is 14.5 Å². The van der Waals surface area contributed by atoms with E-state index in [1.54, 1.807) is 31.3 Å². The van der Waals surface area contributed by atoms with Crippen LogP contribution in [0.2, 0.25) is 0 Å². The van der Waals surface area contributed by atoms with Crippen LogP contribution in [0.3, 0.4) is 0 Å². The van der Waals surface area contributed by atoms with Crippen molar-refractivity contribution in [2.45, 2.75) is 43.9 Å². The molecule has 1 aromatic carbocycles. The fraction of sp³-hybridized carbons (Fsp3) is 0.556. The zero-order valence-electron chi connectivity index (χ0n) is 14.0. The first kappa shape index (κ1) is 16.9. The van der Waals surface area contributed by atoms with Gasteiger partial charge in [0.1, 0.15) is 0 Å². The Balaban J connectivity index is 1.88. The van der Waals surface area contributed by atoms with Crippen molar-refractivity contribution in [3.8, 4) is 0 Å². The molecule has 2 aliphatic rings. The second-order valence-electron chi connectivity index (χ2n) is 6.95. The molecule has 0 saturated carbocycles. The van der Waals surface area contributed by atoms with Crippen molar-refractivity contribution in [3.05, 3.63) is 29.8 Å². The standard InChI is InChI=1S/C18H22F2N2O2/c1-17(13-8-4-5-9-14(13)21(2)15(17)23)12-18(19,20)16(24)22-10-6-3-7-11-22/h4-5,8-9H,3,6-7,10-12H2,1-2H3. The van der Waals surface area contributed by atoms with Crippen molar-refractivity contribution in [1.29, 1.82) is 0 Å². The highest BCUT2D eigenvalue weighted by Gasteiger charge is 2.55. The minimum Gasteiger partial charge on any atom is -0.337 e. The normalized spacial score (nSPS) is 24.2. The average molecular weight is 336 g/mol. The van der Waals surface area contributed by atoms with E-state index in [0.717, 1.165) is 19.3 Å². The minimum atomic E-state index is -3.56. The van der Waals surface area contributed by atoms with Crippen LogP contribution in [0.25, 0.3) is 0 Å². The lowest BCUT2D eigenvalue weighted by Crippen LogP contribution is -2.50. The Bertz CT molecular complexity index is 671. The zero-order chi connectivity index (χ0) is 17.5. The fourth-order valence-corrected chi connectivity index (χ4v) is 3.85. The molecule has 0 aliphatic carbocycles. The first-order chi connectivity index (χ1) is 11.3. The van der Waals surface area contributed by atoms with Gasteiger partial charge in [-0.15, -0.1) is 0 Å². The number of likely N-dealkylation sites (tertiary alicyclic amines) is 1. The molecule has 4 nitrogen and oxygen atoms in total. The number of piperidine rings is 1. The predicted octanol–water partition coefficient (Wildman–Crippen LogP) is 2.96. The number of fused-ring (bicyclic) bond motifs is 1. The molecule has 0 N–H and O–H groups in total. The van der Waals surface area contributed by atoms with Gasteiger partial charge in [0.15, 0.2) is 0 Å². The average Bonchev–Trinajstić information content (AvgIpc) is 2.77. The fourth-order valence-electron chi connectivity index (χ4n) is 3.85. The van der Waals surface area contributed by atoms with Gasteiger partial charge in [-0.2, -0.15) is 8.78 Å². The maximum Gasteiger partial charge on any atom is 0.326 e. The van der Waals surface area contributed by atoms with Crippen LogP contribution in [0.5, 0.6) is 0 Å². The van der Waals surface area contributed by atoms with Gasteiger partial charge in [0.25, 0.3) is 5.91 Å². The molecule has 2 heterocycles. The van der Waals surface area contributed by atoms with Crippen LogP contribution in [-0.2, 0) is 15.0 Å². The van der Waals surface area contributed by atoms with Crippen molar-refractivity contribution in [2.75, 3.05) is 25.0 Å². The Morgan fingerprint density at radius 1 is 1.21 bits per heavy atom. The molecule has 0 aromatic heterocycles. The summed E-state index contributed by atoms with van der Waals surface area (Å²) in [6.07, 6.45) is 1.67. The molecule has 1 atom stereocenters. The predicted molar refractivity (Wildman–Crippen MR) is 87.2 cm³/mol. The number of para-hydroxylation sites is 1. The van der Waals surface area contributed by atoms with Gasteiger partial charge in [-0.1, -0.05) is 18.2 Å². The molecular formula is C18H22F2N2O2. The lowest BCUT2D eigenvalue weighted by Gasteiger charge is -2.33. The summed E-state index contributed by atoms with van der Waals surface area (Å²) in [5.74, 6) is -5.10. The maximum atomic E-state index is 14.7. The van der Waals surface area contributed by atoms with E-state index in [9.17, 15) is 18.4 Å². The number of hydrogen-bond acceptors (Lipinski definition) is 2. The monoisotopic (exact) mass is 336 g/mol. The van der Waals surface area contributed by atoms with Gasteiger partial charge in [0.05, 0.1) is 5.41 Å². The summed E-state index contributed by atoms with van der Waals surface area (Å²) in [5.41, 5.74) is -0.199. The Morgan fingerprint density at radius 2 is 1.83 bits per heavy atom. The lowest BCUT2D eigenvalue weighted by atomic mass is 9.78. The van der Waals surface area contributed by atoms with Crippen molar-refractivity contribution >= 4 is 17.5 Å². The number of carbonyl (C=O) groups is 2. The van der Waals surface area contributed by atoms with Gasteiger partial charge in [-0.05, 0) is 37.8 Å². The molecule has 0 spiro atoms. The number of carbonyl (C=O) groups excluding carboxylic acids is 2. The number of likely N-dealkylation sites (N-methyl/N-ethyl adjacent to an activating group) is 1. The molecule has 3 rings (SSSR count). The number of hydrogen-bond donors (Lipinski definition) is 0. The molecule has 2 aliphatic heterocycles. The second-order valence-corrected chi connectivity index (χ2v) is 6.95. The van der Waals surface area contributed by atoms with Crippen molar-refractivity contribution in [1.82, 2.24) is 4.90 Å². The van der Waals surface area contributed by atoms with E-state index in [4.69, 9.17) is 0 Å². The van der Waals surface area contributed by atoms with Crippen LogP contribution in [0, 0.1) is 0 Å². The molecule has 1 fully saturated rings. The van der Waals surface area contributed by atoms with E-state index in [0.29, 0.717) is 24.3 Å². The quantitative estimate of drug-likeness (QED) is 0.851. The lowest BCUT2D eigenvalue weighted by molar-refractivity contribution is -0.162. The zero-order valence-corrected chi connectivity index (χ0v) is 14.0. The highest BCUT2D eigenvalue weighted by Crippen LogP contribution is 2.46. The van der Waals surface area contributed by atoms with E-state index in [1.807, 2.05) is 0 Å². The third-order valence-corrected chi connectivity index (χ3v) is 5.17. The van der Waals surface area contributed by atoms with Gasteiger partial charge in [-0.25, -0.2) is 0 Å². The summed E-state index contributed by atoms with van der Waals surface area (Å²) >= 11 is 0. The number of amides is 2. The Kier molecular flexibility index (Phi) is 4.10. The largest absolute Gasteiger partial charge is 0.337 e. The molecule has 6 heteroatoms. The van der Waals surface area contributed by atoms with Gasteiger partial charge in [-0.3, -0.25) is 9.59 Å². The number of anilines is 1. The van der Waals surface area contributed by atoms with E-state index in [1.165, 1.54) is 16.7 Å². The van der Waals surface area contributed by atoms with Crippen LogP contribution < -0.4 is 4.90 Å². The molecule has 0 bridgehead atoms. The Hall–Kier alpha value is -1.98. The van der Waals surface area contributed by atoms with Gasteiger partial charge in [0, 0.05) is 32.2 Å². The Labute approximate surface area is 140 Å². The van der Waals surface area contributed by atoms with Crippen LogP contribution in [0.1, 0.15) is 38.2 Å². The highest BCUT2D eigenvalue weighted by atomic mass is 19.3. The van der Waals surface area contributed by atoms with E-state index >= 15 is 0 Å². The van der Waals surface area contributed by atoms with E-state index < -0.39 is 29.6 Å². The highest BCUT2D eigenvalue weighted by molar-refractivity contribution is 6.07. The van der Waals surface area contributed by atoms with Crippen molar-refractivity contribution in [2.24, 2.45) is 0 Å². The third kappa shape index (κ3) is 2.58. The number of halogens is 2.